The minimum Gasteiger partial charge on any atom is -0.265 e. The maximum Gasteiger partial charge on any atom is 0.0432 e. The highest BCUT2D eigenvalue weighted by molar-refractivity contribution is 5.59. The number of aliphatic imine (C=N–C) groups is 1. The van der Waals surface area contributed by atoms with Crippen molar-refractivity contribution >= 4 is 6.21 Å². The minimum absolute atomic E-state index is 0.0469. The summed E-state index contributed by atoms with van der Waals surface area (Å²) in [5.41, 5.74) is 4.82. The molecule has 0 spiro atoms. The molecule has 1 unspecified atom stereocenters. The third-order valence-electron chi connectivity index (χ3n) is 4.69. The molecule has 0 saturated heterocycles. The van der Waals surface area contributed by atoms with E-state index in [0.29, 0.717) is 0 Å². The monoisotopic (exact) mass is 439 g/mol. The molecule has 0 bridgehead atoms. The van der Waals surface area contributed by atoms with Gasteiger partial charge in [-0.1, -0.05) is 122 Å². The lowest BCUT2D eigenvalue weighted by atomic mass is 9.73. The molecule has 0 aliphatic carbocycles. The zero-order chi connectivity index (χ0) is 25.6. The van der Waals surface area contributed by atoms with Crippen LogP contribution in [0.1, 0.15) is 95.4 Å². The molecule has 0 aliphatic rings. The fourth-order valence-electron chi connectivity index (χ4n) is 3.13. The van der Waals surface area contributed by atoms with Crippen LogP contribution in [0.2, 0.25) is 0 Å². The first-order valence-corrected chi connectivity index (χ1v) is 12.4. The van der Waals surface area contributed by atoms with Crippen LogP contribution in [0, 0.1) is 11.3 Å². The molecule has 0 aromatic rings. The Bertz CT molecular complexity index is 671. The van der Waals surface area contributed by atoms with Crippen LogP contribution in [-0.4, -0.2) is 6.21 Å². The minimum atomic E-state index is -0.0469. The molecule has 0 fully saturated rings. The van der Waals surface area contributed by atoms with Gasteiger partial charge in [-0.2, -0.15) is 0 Å². The fourth-order valence-corrected chi connectivity index (χ4v) is 3.13. The highest BCUT2D eigenvalue weighted by Gasteiger charge is 2.29. The van der Waals surface area contributed by atoms with E-state index >= 15 is 0 Å². The Morgan fingerprint density at radius 2 is 1.56 bits per heavy atom. The zero-order valence-corrected chi connectivity index (χ0v) is 23.3. The van der Waals surface area contributed by atoms with Gasteiger partial charge in [0.25, 0.3) is 0 Å². The molecule has 1 nitrogen and oxygen atoms in total. The fraction of sp³-hybridized carbons (Fsp3) is 0.516. The first kappa shape index (κ1) is 34.5. The molecule has 1 atom stereocenters. The van der Waals surface area contributed by atoms with Crippen molar-refractivity contribution < 1.29 is 0 Å². The second-order valence-corrected chi connectivity index (χ2v) is 7.93. The molecular formula is C31H53N. The standard InChI is InChI=1S/C27H41N.2C2H6/c1-10-15-20-28-26(14-5)25(23(16-11-2)17-12-3)21-27(8,9)24(13-4)19-18-22(6)7;2*1-2/h11-14,16-20,25H,2,4,10,15,21H2,1,3,5-9H3;2*1-2H3/b17-12-,23-16+,24-19+,26-14-,28-20?;;. The van der Waals surface area contributed by atoms with E-state index in [9.17, 15) is 0 Å². The predicted octanol–water partition coefficient (Wildman–Crippen LogP) is 10.6. The quantitative estimate of drug-likeness (QED) is 0.212. The van der Waals surface area contributed by atoms with Crippen LogP contribution in [0.3, 0.4) is 0 Å². The molecule has 0 aromatic heterocycles. The topological polar surface area (TPSA) is 12.4 Å². The predicted molar refractivity (Wildman–Crippen MR) is 153 cm³/mol. The summed E-state index contributed by atoms with van der Waals surface area (Å²) in [5.74, 6) is 0.192. The molecule has 182 valence electrons. The van der Waals surface area contributed by atoms with E-state index < -0.39 is 0 Å². The maximum absolute atomic E-state index is 4.83. The summed E-state index contributed by atoms with van der Waals surface area (Å²) in [6.45, 7) is 31.1. The van der Waals surface area contributed by atoms with Crippen LogP contribution in [0.25, 0.3) is 0 Å². The number of hydrogen-bond donors (Lipinski definition) is 0. The van der Waals surface area contributed by atoms with Crippen molar-refractivity contribution in [1.29, 1.82) is 0 Å². The first-order chi connectivity index (χ1) is 15.3. The Morgan fingerprint density at radius 1 is 0.969 bits per heavy atom. The van der Waals surface area contributed by atoms with Crippen molar-refractivity contribution in [1.82, 2.24) is 0 Å². The second kappa shape index (κ2) is 22.1. The Kier molecular flexibility index (Phi) is 23.8. The first-order valence-electron chi connectivity index (χ1n) is 12.4. The number of allylic oxidation sites excluding steroid dienone is 11. The Balaban J connectivity index is -0.00000198. The van der Waals surface area contributed by atoms with Gasteiger partial charge in [0.2, 0.25) is 0 Å². The van der Waals surface area contributed by atoms with E-state index in [4.69, 9.17) is 4.99 Å². The number of unbranched alkanes of at least 4 members (excludes halogenated alkanes) is 1. The number of hydrogen-bond acceptors (Lipinski definition) is 1. The second-order valence-electron chi connectivity index (χ2n) is 7.93. The highest BCUT2D eigenvalue weighted by Crippen LogP contribution is 2.40. The van der Waals surface area contributed by atoms with Crippen LogP contribution in [-0.2, 0) is 0 Å². The average Bonchev–Trinajstić information content (AvgIpc) is 2.78. The van der Waals surface area contributed by atoms with Crippen LogP contribution >= 0.6 is 0 Å². The van der Waals surface area contributed by atoms with Crippen LogP contribution in [0.4, 0.5) is 0 Å². The summed E-state index contributed by atoms with van der Waals surface area (Å²) in [5, 5.41) is 0. The SMILES string of the molecule is C=C/C=C(\C=C/C)C(CC(C)(C)/C(C=C)=C/C=C(C)C)/C(=C/C)N=CCCC.CC.CC. The van der Waals surface area contributed by atoms with Crippen molar-refractivity contribution in [2.45, 2.75) is 95.4 Å². The summed E-state index contributed by atoms with van der Waals surface area (Å²) >= 11 is 0. The summed E-state index contributed by atoms with van der Waals surface area (Å²) in [6.07, 6.45) is 21.8. The van der Waals surface area contributed by atoms with Gasteiger partial charge in [-0.05, 0) is 57.1 Å². The molecule has 0 aliphatic heterocycles. The Hall–Kier alpha value is -2.15. The van der Waals surface area contributed by atoms with Crippen molar-refractivity contribution in [3.8, 4) is 0 Å². The maximum atomic E-state index is 4.83. The molecule has 0 radical (unpaired) electrons. The van der Waals surface area contributed by atoms with E-state index in [1.165, 1.54) is 16.7 Å². The van der Waals surface area contributed by atoms with Gasteiger partial charge in [-0.15, -0.1) is 0 Å². The van der Waals surface area contributed by atoms with Gasteiger partial charge in [0.05, 0.1) is 0 Å². The lowest BCUT2D eigenvalue weighted by Gasteiger charge is -2.32. The van der Waals surface area contributed by atoms with Gasteiger partial charge < -0.3 is 0 Å². The molecular weight excluding hydrogens is 386 g/mol. The Morgan fingerprint density at radius 3 is 1.97 bits per heavy atom. The van der Waals surface area contributed by atoms with Crippen LogP contribution in [0.5, 0.6) is 0 Å². The van der Waals surface area contributed by atoms with Gasteiger partial charge in [-0.3, -0.25) is 4.99 Å². The third kappa shape index (κ3) is 14.8. The molecule has 32 heavy (non-hydrogen) atoms. The molecule has 0 rings (SSSR count). The number of nitrogens with zero attached hydrogens (tertiary/aromatic N) is 1. The molecule has 0 aromatic carbocycles. The van der Waals surface area contributed by atoms with Gasteiger partial charge in [0.15, 0.2) is 0 Å². The smallest absolute Gasteiger partial charge is 0.0432 e. The lowest BCUT2D eigenvalue weighted by Crippen LogP contribution is -2.21. The summed E-state index contributed by atoms with van der Waals surface area (Å²) in [6, 6.07) is 0. The van der Waals surface area contributed by atoms with E-state index in [2.05, 4.69) is 98.1 Å². The molecule has 1 heteroatoms. The Labute approximate surface area is 202 Å². The third-order valence-corrected chi connectivity index (χ3v) is 4.69. The van der Waals surface area contributed by atoms with Gasteiger partial charge in [0, 0.05) is 17.8 Å². The van der Waals surface area contributed by atoms with Crippen molar-refractivity contribution in [2.75, 3.05) is 0 Å². The van der Waals surface area contributed by atoms with E-state index in [1.807, 2.05) is 46.1 Å². The van der Waals surface area contributed by atoms with E-state index in [1.54, 1.807) is 0 Å². The van der Waals surface area contributed by atoms with E-state index in [-0.39, 0.29) is 11.3 Å². The lowest BCUT2D eigenvalue weighted by molar-refractivity contribution is 0.372. The molecule has 0 saturated carbocycles. The molecule has 0 N–H and O–H groups in total. The summed E-state index contributed by atoms with van der Waals surface area (Å²) in [7, 11) is 0. The molecule has 0 amide bonds. The normalized spacial score (nSPS) is 13.7. The van der Waals surface area contributed by atoms with Crippen molar-refractivity contribution in [3.05, 3.63) is 84.2 Å². The van der Waals surface area contributed by atoms with Crippen LogP contribution < -0.4 is 0 Å². The largest absolute Gasteiger partial charge is 0.265 e. The van der Waals surface area contributed by atoms with E-state index in [0.717, 1.165) is 25.0 Å². The van der Waals surface area contributed by atoms with Crippen molar-refractivity contribution in [3.63, 3.8) is 0 Å². The number of rotatable bonds is 12. The van der Waals surface area contributed by atoms with Gasteiger partial charge in [-0.25, -0.2) is 0 Å². The average molecular weight is 440 g/mol. The van der Waals surface area contributed by atoms with Gasteiger partial charge in [0.1, 0.15) is 0 Å². The van der Waals surface area contributed by atoms with Crippen LogP contribution in [0.15, 0.2) is 89.2 Å². The molecule has 0 heterocycles. The van der Waals surface area contributed by atoms with Gasteiger partial charge >= 0.3 is 0 Å². The summed E-state index contributed by atoms with van der Waals surface area (Å²) < 4.78 is 0. The summed E-state index contributed by atoms with van der Waals surface area (Å²) in [4.78, 5) is 4.83. The zero-order valence-electron chi connectivity index (χ0n) is 23.3. The van der Waals surface area contributed by atoms with Crippen molar-refractivity contribution in [2.24, 2.45) is 16.3 Å². The highest BCUT2D eigenvalue weighted by atomic mass is 14.7.